The third kappa shape index (κ3) is 5.15. The SMILES string of the molecule is Cc1ccc(C(=O)Nc2cnn(-c3ccc(C(=O)N4CCC(O)(c5cccnc5)CC4)cc3)c2)c(C)c1. The van der Waals surface area contributed by atoms with Crippen LogP contribution in [0.25, 0.3) is 5.69 Å². The molecule has 0 unspecified atom stereocenters. The normalized spacial score (nSPS) is 14.8. The molecule has 37 heavy (non-hydrogen) atoms. The number of aliphatic hydroxyl groups is 1. The molecule has 0 radical (unpaired) electrons. The highest BCUT2D eigenvalue weighted by Gasteiger charge is 2.35. The average Bonchev–Trinajstić information content (AvgIpc) is 3.37. The molecule has 1 saturated heterocycles. The number of likely N-dealkylation sites (tertiary alicyclic amines) is 1. The molecule has 0 spiro atoms. The lowest BCUT2D eigenvalue weighted by atomic mass is 9.85. The van der Waals surface area contributed by atoms with E-state index >= 15 is 0 Å². The van der Waals surface area contributed by atoms with Gasteiger partial charge >= 0.3 is 0 Å². The molecule has 0 aliphatic carbocycles. The Hall–Kier alpha value is -4.30. The molecular formula is C29H29N5O3. The van der Waals surface area contributed by atoms with Gasteiger partial charge in [-0.15, -0.1) is 0 Å². The Kier molecular flexibility index (Phi) is 6.58. The number of anilines is 1. The lowest BCUT2D eigenvalue weighted by Gasteiger charge is -2.38. The molecule has 8 nitrogen and oxygen atoms in total. The zero-order chi connectivity index (χ0) is 26.0. The number of carbonyl (C=O) groups excluding carboxylic acids is 2. The zero-order valence-electron chi connectivity index (χ0n) is 20.9. The maximum atomic E-state index is 13.1. The van der Waals surface area contributed by atoms with Crippen LogP contribution in [0.15, 0.2) is 79.4 Å². The van der Waals surface area contributed by atoms with E-state index in [4.69, 9.17) is 0 Å². The molecule has 1 aliphatic rings. The van der Waals surface area contributed by atoms with Crippen LogP contribution in [0.5, 0.6) is 0 Å². The van der Waals surface area contributed by atoms with Gasteiger partial charge in [0, 0.05) is 42.2 Å². The molecular weight excluding hydrogens is 466 g/mol. The molecule has 0 saturated carbocycles. The molecule has 2 N–H and O–H groups in total. The number of piperidine rings is 1. The van der Waals surface area contributed by atoms with E-state index < -0.39 is 5.60 Å². The number of carbonyl (C=O) groups is 2. The van der Waals surface area contributed by atoms with E-state index in [1.807, 2.05) is 56.3 Å². The second-order valence-electron chi connectivity index (χ2n) is 9.56. The number of nitrogens with one attached hydrogen (secondary N) is 1. The minimum atomic E-state index is -0.958. The summed E-state index contributed by atoms with van der Waals surface area (Å²) in [4.78, 5) is 31.6. The minimum absolute atomic E-state index is 0.0679. The first-order valence-electron chi connectivity index (χ1n) is 12.3. The third-order valence-corrected chi connectivity index (χ3v) is 6.92. The van der Waals surface area contributed by atoms with Gasteiger partial charge in [0.2, 0.25) is 0 Å². The molecule has 0 atom stereocenters. The van der Waals surface area contributed by atoms with Crippen molar-refractivity contribution in [1.29, 1.82) is 0 Å². The number of hydrogen-bond acceptors (Lipinski definition) is 5. The second-order valence-corrected chi connectivity index (χ2v) is 9.56. The van der Waals surface area contributed by atoms with Gasteiger partial charge in [-0.3, -0.25) is 14.6 Å². The second kappa shape index (κ2) is 9.99. The standard InChI is InChI=1S/C29H29N5O3/c1-20-5-10-26(21(2)16-20)27(35)32-24-18-31-34(19-24)25-8-6-22(7-9-25)28(36)33-14-11-29(37,12-15-33)23-4-3-13-30-17-23/h3-10,13,16-19,37H,11-12,14-15H2,1-2H3,(H,32,35). The van der Waals surface area contributed by atoms with E-state index in [0.29, 0.717) is 42.7 Å². The Balaban J connectivity index is 1.21. The summed E-state index contributed by atoms with van der Waals surface area (Å²) in [5, 5.41) is 18.3. The maximum absolute atomic E-state index is 13.1. The van der Waals surface area contributed by atoms with Crippen molar-refractivity contribution >= 4 is 17.5 Å². The van der Waals surface area contributed by atoms with E-state index in [0.717, 1.165) is 22.4 Å². The Morgan fingerprint density at radius 2 is 1.76 bits per heavy atom. The lowest BCUT2D eigenvalue weighted by molar-refractivity contribution is -0.0213. The number of hydrogen-bond donors (Lipinski definition) is 2. The summed E-state index contributed by atoms with van der Waals surface area (Å²) in [7, 11) is 0. The molecule has 5 rings (SSSR count). The fourth-order valence-corrected chi connectivity index (χ4v) is 4.74. The molecule has 2 aromatic carbocycles. The number of benzene rings is 2. The highest BCUT2D eigenvalue weighted by atomic mass is 16.3. The van der Waals surface area contributed by atoms with Crippen molar-refractivity contribution in [2.75, 3.05) is 18.4 Å². The van der Waals surface area contributed by atoms with Crippen molar-refractivity contribution in [3.63, 3.8) is 0 Å². The van der Waals surface area contributed by atoms with Gasteiger partial charge in [0.05, 0.1) is 29.4 Å². The first-order chi connectivity index (χ1) is 17.8. The third-order valence-electron chi connectivity index (χ3n) is 6.92. The predicted molar refractivity (Wildman–Crippen MR) is 141 cm³/mol. The number of rotatable bonds is 5. The number of aromatic nitrogens is 3. The summed E-state index contributed by atoms with van der Waals surface area (Å²) >= 11 is 0. The highest BCUT2D eigenvalue weighted by Crippen LogP contribution is 2.32. The van der Waals surface area contributed by atoms with Gasteiger partial charge in [-0.25, -0.2) is 4.68 Å². The van der Waals surface area contributed by atoms with Crippen molar-refractivity contribution in [2.24, 2.45) is 0 Å². The smallest absolute Gasteiger partial charge is 0.256 e. The van der Waals surface area contributed by atoms with Gasteiger partial charge in [0.1, 0.15) is 0 Å². The van der Waals surface area contributed by atoms with Gasteiger partial charge in [0.25, 0.3) is 11.8 Å². The van der Waals surface area contributed by atoms with Gasteiger partial charge in [0.15, 0.2) is 0 Å². The van der Waals surface area contributed by atoms with Crippen LogP contribution in [0.4, 0.5) is 5.69 Å². The van der Waals surface area contributed by atoms with Crippen LogP contribution >= 0.6 is 0 Å². The summed E-state index contributed by atoms with van der Waals surface area (Å²) in [5.74, 6) is -0.253. The Labute approximate surface area is 215 Å². The Morgan fingerprint density at radius 1 is 1.00 bits per heavy atom. The molecule has 2 aromatic heterocycles. The largest absolute Gasteiger partial charge is 0.385 e. The zero-order valence-corrected chi connectivity index (χ0v) is 20.9. The van der Waals surface area contributed by atoms with Crippen molar-refractivity contribution < 1.29 is 14.7 Å². The first-order valence-corrected chi connectivity index (χ1v) is 12.3. The summed E-state index contributed by atoms with van der Waals surface area (Å²) < 4.78 is 1.65. The van der Waals surface area contributed by atoms with Crippen molar-refractivity contribution in [1.82, 2.24) is 19.7 Å². The van der Waals surface area contributed by atoms with Crippen molar-refractivity contribution in [2.45, 2.75) is 32.3 Å². The molecule has 0 bridgehead atoms. The van der Waals surface area contributed by atoms with Gasteiger partial charge < -0.3 is 15.3 Å². The molecule has 8 heteroatoms. The maximum Gasteiger partial charge on any atom is 0.256 e. The van der Waals surface area contributed by atoms with Crippen LogP contribution in [-0.2, 0) is 5.60 Å². The van der Waals surface area contributed by atoms with Crippen molar-refractivity contribution in [3.05, 3.63) is 107 Å². The molecule has 3 heterocycles. The fourth-order valence-electron chi connectivity index (χ4n) is 4.74. The van der Waals surface area contributed by atoms with Crippen LogP contribution in [0.2, 0.25) is 0 Å². The number of nitrogens with zero attached hydrogens (tertiary/aromatic N) is 4. The van der Waals surface area contributed by atoms with Crippen LogP contribution < -0.4 is 5.32 Å². The highest BCUT2D eigenvalue weighted by molar-refractivity contribution is 6.05. The number of aryl methyl sites for hydroxylation is 2. The van der Waals surface area contributed by atoms with E-state index in [2.05, 4.69) is 15.4 Å². The van der Waals surface area contributed by atoms with Gasteiger partial charge in [-0.2, -0.15) is 5.10 Å². The van der Waals surface area contributed by atoms with Gasteiger partial charge in [-0.1, -0.05) is 23.8 Å². The van der Waals surface area contributed by atoms with Crippen molar-refractivity contribution in [3.8, 4) is 5.69 Å². The lowest BCUT2D eigenvalue weighted by Crippen LogP contribution is -2.45. The monoisotopic (exact) mass is 495 g/mol. The number of pyridine rings is 1. The summed E-state index contributed by atoms with van der Waals surface area (Å²) in [6, 6.07) is 16.6. The Morgan fingerprint density at radius 3 is 2.43 bits per heavy atom. The van der Waals surface area contributed by atoms with E-state index in [1.165, 1.54) is 0 Å². The van der Waals surface area contributed by atoms with E-state index in [-0.39, 0.29) is 11.8 Å². The molecule has 1 fully saturated rings. The Bertz CT molecular complexity index is 1420. The van der Waals surface area contributed by atoms with Crippen LogP contribution in [0.3, 0.4) is 0 Å². The number of amides is 2. The average molecular weight is 496 g/mol. The van der Waals surface area contributed by atoms with Crippen LogP contribution in [0, 0.1) is 13.8 Å². The predicted octanol–water partition coefficient (Wildman–Crippen LogP) is 4.26. The summed E-state index contributed by atoms with van der Waals surface area (Å²) in [6.45, 7) is 4.84. The van der Waals surface area contributed by atoms with Crippen LogP contribution in [0.1, 0.15) is 50.2 Å². The molecule has 1 aliphatic heterocycles. The molecule has 4 aromatic rings. The first kappa shape index (κ1) is 24.4. The topological polar surface area (TPSA) is 100 Å². The van der Waals surface area contributed by atoms with Crippen LogP contribution in [-0.4, -0.2) is 49.7 Å². The van der Waals surface area contributed by atoms with E-state index in [9.17, 15) is 14.7 Å². The minimum Gasteiger partial charge on any atom is -0.385 e. The quantitative estimate of drug-likeness (QED) is 0.431. The fraction of sp³-hybridized carbons (Fsp3) is 0.241. The summed E-state index contributed by atoms with van der Waals surface area (Å²) in [6.07, 6.45) is 7.63. The molecule has 2 amide bonds. The van der Waals surface area contributed by atoms with E-state index in [1.54, 1.807) is 46.5 Å². The van der Waals surface area contributed by atoms with Gasteiger partial charge in [-0.05, 0) is 68.7 Å². The summed E-state index contributed by atoms with van der Waals surface area (Å²) in [5.41, 5.74) is 4.41. The molecule has 188 valence electrons.